The van der Waals surface area contributed by atoms with Crippen LogP contribution in [0, 0.1) is 0 Å². The molecule has 0 saturated carbocycles. The van der Waals surface area contributed by atoms with Crippen LogP contribution in [-0.2, 0) is 9.47 Å². The summed E-state index contributed by atoms with van der Waals surface area (Å²) in [6, 6.07) is 13.0. The van der Waals surface area contributed by atoms with Gasteiger partial charge in [-0.2, -0.15) is 0 Å². The number of halogens is 1. The molecular formula is C22H19ClO6. The smallest absolute Gasteiger partial charge is 0.338 e. The summed E-state index contributed by atoms with van der Waals surface area (Å²) < 4.78 is 23.1. The molecule has 2 atom stereocenters. The van der Waals surface area contributed by atoms with E-state index in [9.17, 15) is 9.59 Å². The van der Waals surface area contributed by atoms with Crippen molar-refractivity contribution < 1.29 is 23.4 Å². The van der Waals surface area contributed by atoms with Gasteiger partial charge in [-0.25, -0.2) is 9.59 Å². The van der Waals surface area contributed by atoms with Crippen molar-refractivity contribution in [3.05, 3.63) is 75.1 Å². The highest BCUT2D eigenvalue weighted by Crippen LogP contribution is 2.46. The van der Waals surface area contributed by atoms with E-state index in [4.69, 9.17) is 30.2 Å². The first-order chi connectivity index (χ1) is 13.8. The molecule has 2 heterocycles. The minimum atomic E-state index is -0.862. The lowest BCUT2D eigenvalue weighted by Crippen LogP contribution is -2.51. The largest absolute Gasteiger partial charge is 0.484 e. The van der Waals surface area contributed by atoms with Crippen molar-refractivity contribution in [1.82, 2.24) is 0 Å². The fraction of sp³-hybridized carbons (Fsp3) is 0.273. The van der Waals surface area contributed by atoms with Crippen LogP contribution in [0.15, 0.2) is 57.7 Å². The summed E-state index contributed by atoms with van der Waals surface area (Å²) in [6.45, 7) is 3.69. The van der Waals surface area contributed by atoms with Crippen LogP contribution in [0.5, 0.6) is 5.75 Å². The van der Waals surface area contributed by atoms with Crippen molar-refractivity contribution in [2.45, 2.75) is 31.7 Å². The number of rotatable bonds is 3. The topological polar surface area (TPSA) is 75.0 Å². The van der Waals surface area contributed by atoms with Gasteiger partial charge in [-0.05, 0) is 50.2 Å². The van der Waals surface area contributed by atoms with E-state index in [2.05, 4.69) is 0 Å². The molecule has 1 aromatic heterocycles. The molecule has 1 aliphatic heterocycles. The quantitative estimate of drug-likeness (QED) is 0.463. The molecule has 6 nitrogen and oxygen atoms in total. The van der Waals surface area contributed by atoms with Crippen molar-refractivity contribution in [2.75, 3.05) is 7.11 Å². The molecule has 1 aliphatic rings. The second-order valence-corrected chi connectivity index (χ2v) is 7.78. The monoisotopic (exact) mass is 414 g/mol. The number of esters is 1. The summed E-state index contributed by atoms with van der Waals surface area (Å²) in [6.07, 6.45) is -1.51. The molecule has 0 aliphatic carbocycles. The van der Waals surface area contributed by atoms with E-state index in [1.54, 1.807) is 36.4 Å². The first-order valence-electron chi connectivity index (χ1n) is 9.05. The molecule has 3 aromatic rings. The second kappa shape index (κ2) is 7.21. The van der Waals surface area contributed by atoms with Crippen LogP contribution in [0.4, 0.5) is 0 Å². The predicted molar refractivity (Wildman–Crippen MR) is 108 cm³/mol. The Morgan fingerprint density at radius 2 is 1.90 bits per heavy atom. The maximum Gasteiger partial charge on any atom is 0.338 e. The fourth-order valence-electron chi connectivity index (χ4n) is 3.68. The molecule has 2 unspecified atom stereocenters. The van der Waals surface area contributed by atoms with Crippen LogP contribution in [0.2, 0.25) is 5.02 Å². The summed E-state index contributed by atoms with van der Waals surface area (Å²) in [4.78, 5) is 24.8. The predicted octanol–water partition coefficient (Wildman–Crippen LogP) is 4.53. The Morgan fingerprint density at radius 3 is 2.62 bits per heavy atom. The summed E-state index contributed by atoms with van der Waals surface area (Å²) in [5.74, 6) is -0.104. The normalized spacial score (nSPS) is 20.0. The fourth-order valence-corrected chi connectivity index (χ4v) is 3.87. The Morgan fingerprint density at radius 1 is 1.14 bits per heavy atom. The molecule has 0 saturated heterocycles. The average molecular weight is 415 g/mol. The standard InChI is InChI=1S/C22H19ClO6/c1-22(2)20(26-3)19(28-21(25)13-5-4-6-14(23)11-13)17-15(29-22)9-7-12-8-10-16(24)27-18(12)17/h4-11,19-20H,1-3H3. The molecule has 0 spiro atoms. The van der Waals surface area contributed by atoms with Crippen LogP contribution in [0.25, 0.3) is 11.0 Å². The van der Waals surface area contributed by atoms with Gasteiger partial charge in [0.1, 0.15) is 23.0 Å². The second-order valence-electron chi connectivity index (χ2n) is 7.35. The molecule has 4 rings (SSSR count). The van der Waals surface area contributed by atoms with Crippen LogP contribution >= 0.6 is 11.6 Å². The Labute approximate surface area is 171 Å². The molecule has 29 heavy (non-hydrogen) atoms. The molecule has 0 N–H and O–H groups in total. The van der Waals surface area contributed by atoms with Crippen molar-refractivity contribution in [1.29, 1.82) is 0 Å². The van der Waals surface area contributed by atoms with Gasteiger partial charge in [-0.1, -0.05) is 17.7 Å². The van der Waals surface area contributed by atoms with Crippen molar-refractivity contribution in [3.63, 3.8) is 0 Å². The highest BCUT2D eigenvalue weighted by molar-refractivity contribution is 6.30. The zero-order valence-electron chi connectivity index (χ0n) is 16.1. The molecular weight excluding hydrogens is 396 g/mol. The van der Waals surface area contributed by atoms with Crippen molar-refractivity contribution in [3.8, 4) is 5.75 Å². The molecule has 0 amide bonds. The van der Waals surface area contributed by atoms with E-state index in [0.717, 1.165) is 0 Å². The Bertz CT molecular complexity index is 1150. The number of carbonyl (C=O) groups is 1. The minimum Gasteiger partial charge on any atom is -0.484 e. The molecule has 0 radical (unpaired) electrons. The van der Waals surface area contributed by atoms with E-state index in [-0.39, 0.29) is 0 Å². The maximum absolute atomic E-state index is 12.9. The van der Waals surface area contributed by atoms with Gasteiger partial charge in [0.25, 0.3) is 0 Å². The number of hydrogen-bond donors (Lipinski definition) is 0. The van der Waals surface area contributed by atoms with Crippen molar-refractivity contribution in [2.24, 2.45) is 0 Å². The number of ether oxygens (including phenoxy) is 3. The lowest BCUT2D eigenvalue weighted by molar-refractivity contribution is -0.132. The van der Waals surface area contributed by atoms with Gasteiger partial charge in [0.2, 0.25) is 0 Å². The van der Waals surface area contributed by atoms with Gasteiger partial charge in [-0.3, -0.25) is 0 Å². The van der Waals surface area contributed by atoms with Crippen LogP contribution in [0.3, 0.4) is 0 Å². The number of hydrogen-bond acceptors (Lipinski definition) is 6. The zero-order valence-corrected chi connectivity index (χ0v) is 16.9. The van der Waals surface area contributed by atoms with Gasteiger partial charge < -0.3 is 18.6 Å². The van der Waals surface area contributed by atoms with E-state index in [1.807, 2.05) is 13.8 Å². The summed E-state index contributed by atoms with van der Waals surface area (Å²) >= 11 is 6.01. The molecule has 2 aromatic carbocycles. The summed E-state index contributed by atoms with van der Waals surface area (Å²) in [5.41, 5.74) is -0.244. The number of benzene rings is 2. The summed E-state index contributed by atoms with van der Waals surface area (Å²) in [7, 11) is 1.52. The molecule has 0 fully saturated rings. The Balaban J connectivity index is 1.87. The van der Waals surface area contributed by atoms with E-state index < -0.39 is 29.4 Å². The average Bonchev–Trinajstić information content (AvgIpc) is 2.66. The van der Waals surface area contributed by atoms with E-state index in [1.165, 1.54) is 19.2 Å². The number of fused-ring (bicyclic) bond motifs is 3. The van der Waals surface area contributed by atoms with Gasteiger partial charge in [0, 0.05) is 23.6 Å². The molecule has 0 bridgehead atoms. The third kappa shape index (κ3) is 3.50. The Kier molecular flexibility index (Phi) is 4.84. The molecule has 7 heteroatoms. The first kappa shape index (κ1) is 19.5. The van der Waals surface area contributed by atoms with Gasteiger partial charge in [0.05, 0.1) is 11.1 Å². The van der Waals surface area contributed by atoms with Crippen LogP contribution in [0.1, 0.15) is 35.9 Å². The number of carbonyl (C=O) groups excluding carboxylic acids is 1. The third-order valence-corrected chi connectivity index (χ3v) is 5.19. The maximum atomic E-state index is 12.9. The lowest BCUT2D eigenvalue weighted by atomic mass is 9.87. The first-order valence-corrected chi connectivity index (χ1v) is 9.43. The minimum absolute atomic E-state index is 0.302. The Hall–Kier alpha value is -2.83. The number of methoxy groups -OCH3 is 1. The highest BCUT2D eigenvalue weighted by atomic mass is 35.5. The van der Waals surface area contributed by atoms with E-state index >= 15 is 0 Å². The van der Waals surface area contributed by atoms with Crippen molar-refractivity contribution >= 4 is 28.5 Å². The van der Waals surface area contributed by atoms with Gasteiger partial charge >= 0.3 is 11.6 Å². The SMILES string of the molecule is COC1C(OC(=O)c2cccc(Cl)c2)c2c(ccc3ccc(=O)oc23)OC1(C)C. The lowest BCUT2D eigenvalue weighted by Gasteiger charge is -2.43. The highest BCUT2D eigenvalue weighted by Gasteiger charge is 2.48. The third-order valence-electron chi connectivity index (χ3n) is 4.95. The van der Waals surface area contributed by atoms with E-state index in [0.29, 0.717) is 32.9 Å². The zero-order chi connectivity index (χ0) is 20.8. The van der Waals surface area contributed by atoms with Crippen LogP contribution in [-0.4, -0.2) is 24.8 Å². The molecule has 150 valence electrons. The van der Waals surface area contributed by atoms with Gasteiger partial charge in [0.15, 0.2) is 6.10 Å². The van der Waals surface area contributed by atoms with Gasteiger partial charge in [-0.15, -0.1) is 0 Å². The summed E-state index contributed by atoms with van der Waals surface area (Å²) in [5, 5.41) is 1.11. The van der Waals surface area contributed by atoms with Crippen LogP contribution < -0.4 is 10.4 Å².